The Hall–Kier alpha value is -1.60. The largest absolute Gasteiger partial charge is 0.466 e. The lowest BCUT2D eigenvalue weighted by molar-refractivity contribution is -0.302. The molecule has 75 heavy (non-hydrogen) atoms. The van der Waals surface area contributed by atoms with Gasteiger partial charge >= 0.3 is 5.97 Å². The summed E-state index contributed by atoms with van der Waals surface area (Å²) in [7, 11) is 0. The Bertz CT molecular complexity index is 1250. The molecule has 0 aliphatic carbocycles. The van der Waals surface area contributed by atoms with Gasteiger partial charge in [-0.05, 0) is 32.1 Å². The predicted octanol–water partition coefficient (Wildman–Crippen LogP) is 15.5. The van der Waals surface area contributed by atoms with Crippen molar-refractivity contribution >= 4 is 11.9 Å². The molecule has 1 fully saturated rings. The van der Waals surface area contributed by atoms with Crippen LogP contribution >= 0.6 is 0 Å². The van der Waals surface area contributed by atoms with E-state index in [1.165, 1.54) is 238 Å². The molecule has 0 radical (unpaired) electrons. The van der Waals surface area contributed by atoms with Crippen LogP contribution in [0.2, 0.25) is 0 Å². The maximum Gasteiger partial charge on any atom is 0.305 e. The van der Waals surface area contributed by atoms with Crippen molar-refractivity contribution in [1.82, 2.24) is 5.32 Å². The van der Waals surface area contributed by atoms with E-state index in [0.29, 0.717) is 19.4 Å². The van der Waals surface area contributed by atoms with Crippen molar-refractivity contribution in [2.45, 2.75) is 365 Å². The lowest BCUT2D eigenvalue weighted by Crippen LogP contribution is -2.60. The van der Waals surface area contributed by atoms with Gasteiger partial charge in [-0.15, -0.1) is 0 Å². The highest BCUT2D eigenvalue weighted by atomic mass is 16.7. The van der Waals surface area contributed by atoms with Gasteiger partial charge in [-0.3, -0.25) is 9.59 Å². The van der Waals surface area contributed by atoms with E-state index in [0.717, 1.165) is 57.8 Å². The second-order valence-corrected chi connectivity index (χ2v) is 22.8. The second-order valence-electron chi connectivity index (χ2n) is 22.8. The number of carbonyl (C=O) groups is 2. The molecule has 1 heterocycles. The average Bonchev–Trinajstić information content (AvgIpc) is 3.41. The number of hydrogen-bond acceptors (Lipinski definition) is 10. The topological polar surface area (TPSA) is 175 Å². The Kier molecular flexibility index (Phi) is 51.8. The minimum absolute atomic E-state index is 0.00486. The molecule has 0 aromatic carbocycles. The van der Waals surface area contributed by atoms with E-state index in [1.807, 2.05) is 6.08 Å². The summed E-state index contributed by atoms with van der Waals surface area (Å²) in [4.78, 5) is 25.1. The second kappa shape index (κ2) is 54.4. The van der Waals surface area contributed by atoms with Crippen molar-refractivity contribution in [2.75, 3.05) is 19.8 Å². The normalized spacial score (nSPS) is 18.7. The maximum absolute atomic E-state index is 13.0. The van der Waals surface area contributed by atoms with E-state index in [9.17, 15) is 35.1 Å². The van der Waals surface area contributed by atoms with Crippen molar-refractivity contribution in [3.8, 4) is 0 Å². The number of amides is 1. The number of hydrogen-bond donors (Lipinski definition) is 6. The van der Waals surface area contributed by atoms with Crippen LogP contribution in [0.25, 0.3) is 0 Å². The van der Waals surface area contributed by atoms with Gasteiger partial charge < -0.3 is 45.1 Å². The Morgan fingerprint density at radius 3 is 1.24 bits per heavy atom. The molecule has 0 aromatic heterocycles. The lowest BCUT2D eigenvalue weighted by Gasteiger charge is -2.40. The van der Waals surface area contributed by atoms with Gasteiger partial charge in [-0.25, -0.2) is 0 Å². The predicted molar refractivity (Wildman–Crippen MR) is 311 cm³/mol. The molecule has 7 unspecified atom stereocenters. The summed E-state index contributed by atoms with van der Waals surface area (Å²) in [6, 6.07) is -0.808. The molecule has 6 N–H and O–H groups in total. The summed E-state index contributed by atoms with van der Waals surface area (Å²) in [6.07, 6.45) is 54.8. The van der Waals surface area contributed by atoms with Crippen LogP contribution in [0.4, 0.5) is 0 Å². The molecule has 1 rings (SSSR count). The van der Waals surface area contributed by atoms with E-state index < -0.39 is 49.5 Å². The molecule has 1 aliphatic rings. The third-order valence-electron chi connectivity index (χ3n) is 15.7. The first-order valence-corrected chi connectivity index (χ1v) is 32.5. The van der Waals surface area contributed by atoms with Crippen LogP contribution in [-0.4, -0.2) is 100 Å². The molecule has 1 aliphatic heterocycles. The van der Waals surface area contributed by atoms with Crippen LogP contribution in [0.15, 0.2) is 12.2 Å². The quantitative estimate of drug-likeness (QED) is 0.0195. The molecular formula is C64H123NO10. The van der Waals surface area contributed by atoms with Crippen LogP contribution in [0, 0.1) is 0 Å². The zero-order chi connectivity index (χ0) is 54.5. The third kappa shape index (κ3) is 43.9. The van der Waals surface area contributed by atoms with Crippen LogP contribution < -0.4 is 5.32 Å². The minimum atomic E-state index is -1.57. The highest BCUT2D eigenvalue weighted by Crippen LogP contribution is 2.23. The van der Waals surface area contributed by atoms with Gasteiger partial charge in [0.1, 0.15) is 24.4 Å². The standard InChI is InChI=1S/C64H123NO10/c1-3-5-7-9-11-13-14-15-16-26-29-32-36-40-44-48-52-60(69)73-53-49-45-41-37-33-30-27-24-22-20-18-17-19-21-23-25-28-31-35-39-43-47-51-59(68)65-56(57(67)50-46-42-38-34-12-10-8-6-4-2)55-74-64-63(72)62(71)61(70)58(54-66)75-64/h46,50,56-58,61-64,66-67,70-72H,3-45,47-49,51-55H2,1-2H3,(H,65,68)/b50-46+. The minimum Gasteiger partial charge on any atom is -0.466 e. The van der Waals surface area contributed by atoms with Crippen molar-refractivity contribution in [3.63, 3.8) is 0 Å². The van der Waals surface area contributed by atoms with Crippen LogP contribution in [0.1, 0.15) is 322 Å². The summed E-state index contributed by atoms with van der Waals surface area (Å²) < 4.78 is 16.7. The van der Waals surface area contributed by atoms with E-state index in [-0.39, 0.29) is 18.5 Å². The fourth-order valence-electron chi connectivity index (χ4n) is 10.5. The van der Waals surface area contributed by atoms with Gasteiger partial charge in [0, 0.05) is 12.8 Å². The maximum atomic E-state index is 13.0. The molecule has 7 atom stereocenters. The molecule has 1 saturated heterocycles. The van der Waals surface area contributed by atoms with Gasteiger partial charge in [0.25, 0.3) is 0 Å². The van der Waals surface area contributed by atoms with E-state index in [2.05, 4.69) is 19.2 Å². The van der Waals surface area contributed by atoms with Crippen molar-refractivity contribution in [3.05, 3.63) is 12.2 Å². The monoisotopic (exact) mass is 1070 g/mol. The number of aliphatic hydroxyl groups excluding tert-OH is 5. The Morgan fingerprint density at radius 1 is 0.480 bits per heavy atom. The van der Waals surface area contributed by atoms with Gasteiger partial charge in [-0.1, -0.05) is 289 Å². The van der Waals surface area contributed by atoms with Crippen LogP contribution in [0.3, 0.4) is 0 Å². The summed E-state index contributed by atoms with van der Waals surface area (Å²) in [5.41, 5.74) is 0. The number of unbranched alkanes of at least 4 members (excludes halogenated alkanes) is 43. The number of nitrogens with one attached hydrogen (secondary N) is 1. The van der Waals surface area contributed by atoms with Crippen LogP contribution in [0.5, 0.6) is 0 Å². The van der Waals surface area contributed by atoms with Gasteiger partial charge in [0.15, 0.2) is 6.29 Å². The Labute approximate surface area is 461 Å². The average molecular weight is 1070 g/mol. The van der Waals surface area contributed by atoms with Crippen molar-refractivity contribution < 1.29 is 49.3 Å². The summed E-state index contributed by atoms with van der Waals surface area (Å²) in [6.45, 7) is 4.34. The molecule has 0 saturated carbocycles. The summed E-state index contributed by atoms with van der Waals surface area (Å²) in [5.74, 6) is -0.178. The van der Waals surface area contributed by atoms with Crippen molar-refractivity contribution in [1.29, 1.82) is 0 Å². The van der Waals surface area contributed by atoms with Crippen molar-refractivity contribution in [2.24, 2.45) is 0 Å². The number of carbonyl (C=O) groups excluding carboxylic acids is 2. The smallest absolute Gasteiger partial charge is 0.305 e. The highest BCUT2D eigenvalue weighted by Gasteiger charge is 2.44. The molecule has 0 bridgehead atoms. The molecule has 444 valence electrons. The third-order valence-corrected chi connectivity index (χ3v) is 15.7. The van der Waals surface area contributed by atoms with Gasteiger partial charge in [-0.2, -0.15) is 0 Å². The summed E-state index contributed by atoms with van der Waals surface area (Å²) >= 11 is 0. The molecule has 1 amide bonds. The SMILES string of the molecule is CCCCCCCCC/C=C/C(O)C(COC1OC(CO)C(O)C(O)C1O)NC(=O)CCCCCCCCCCCCCCCCCCCCCCCCOC(=O)CCCCCCCCCCCCCCCCCC. The van der Waals surface area contributed by atoms with Crippen LogP contribution in [-0.2, 0) is 23.8 Å². The fraction of sp³-hybridized carbons (Fsp3) is 0.938. The number of aliphatic hydroxyl groups is 5. The first-order valence-electron chi connectivity index (χ1n) is 32.5. The Morgan fingerprint density at radius 2 is 0.840 bits per heavy atom. The molecule has 11 heteroatoms. The van der Waals surface area contributed by atoms with E-state index >= 15 is 0 Å². The zero-order valence-corrected chi connectivity index (χ0v) is 49.0. The first kappa shape index (κ1) is 71.4. The first-order chi connectivity index (χ1) is 36.7. The Balaban J connectivity index is 1.95. The molecule has 0 aromatic rings. The number of ether oxygens (including phenoxy) is 3. The van der Waals surface area contributed by atoms with Gasteiger partial charge in [0.2, 0.25) is 5.91 Å². The van der Waals surface area contributed by atoms with E-state index in [1.54, 1.807) is 6.08 Å². The fourth-order valence-corrected chi connectivity index (χ4v) is 10.5. The van der Waals surface area contributed by atoms with E-state index in [4.69, 9.17) is 14.2 Å². The number of esters is 1. The van der Waals surface area contributed by atoms with Gasteiger partial charge in [0.05, 0.1) is 32.0 Å². The summed E-state index contributed by atoms with van der Waals surface area (Å²) in [5, 5.41) is 54.2. The lowest BCUT2D eigenvalue weighted by atomic mass is 9.99. The number of allylic oxidation sites excluding steroid dienone is 1. The highest BCUT2D eigenvalue weighted by molar-refractivity contribution is 5.76. The molecule has 0 spiro atoms. The molecule has 11 nitrogen and oxygen atoms in total. The molecular weight excluding hydrogens is 943 g/mol. The number of rotatable bonds is 57. The zero-order valence-electron chi connectivity index (χ0n) is 49.0.